The van der Waals surface area contributed by atoms with Crippen molar-refractivity contribution in [1.82, 2.24) is 14.7 Å². The molecule has 0 radical (unpaired) electrons. The third-order valence-electron chi connectivity index (χ3n) is 3.13. The second-order valence-electron chi connectivity index (χ2n) is 4.68. The standard InChI is InChI=1S/C14H16BrN3S2/c1-2-5-16-11(12-3-4-13(15)20-12)8-10-9-18-6-7-19-14(18)17-10/h3-4,6-7,9,11,16H,2,5,8H2,1H3. The molecule has 106 valence electrons. The van der Waals surface area contributed by atoms with Gasteiger partial charge in [-0.2, -0.15) is 0 Å². The Bertz CT molecular complexity index is 657. The number of aromatic nitrogens is 2. The van der Waals surface area contributed by atoms with Gasteiger partial charge < -0.3 is 5.32 Å². The van der Waals surface area contributed by atoms with Crippen LogP contribution < -0.4 is 5.32 Å². The van der Waals surface area contributed by atoms with Crippen molar-refractivity contribution in [2.75, 3.05) is 6.54 Å². The van der Waals surface area contributed by atoms with Crippen molar-refractivity contribution in [3.63, 3.8) is 0 Å². The Hall–Kier alpha value is -0.690. The topological polar surface area (TPSA) is 29.3 Å². The number of halogens is 1. The highest BCUT2D eigenvalue weighted by Crippen LogP contribution is 2.29. The summed E-state index contributed by atoms with van der Waals surface area (Å²) >= 11 is 7.02. The molecular weight excluding hydrogens is 354 g/mol. The Labute approximate surface area is 134 Å². The van der Waals surface area contributed by atoms with Crippen molar-refractivity contribution in [2.45, 2.75) is 25.8 Å². The lowest BCUT2D eigenvalue weighted by Gasteiger charge is -2.15. The van der Waals surface area contributed by atoms with Gasteiger partial charge in [0, 0.05) is 35.1 Å². The number of thiophene rings is 1. The van der Waals surface area contributed by atoms with Gasteiger partial charge in [-0.1, -0.05) is 6.92 Å². The summed E-state index contributed by atoms with van der Waals surface area (Å²) < 4.78 is 3.28. The monoisotopic (exact) mass is 369 g/mol. The highest BCUT2D eigenvalue weighted by atomic mass is 79.9. The van der Waals surface area contributed by atoms with Crippen LogP contribution in [-0.4, -0.2) is 15.9 Å². The van der Waals surface area contributed by atoms with Crippen LogP contribution >= 0.6 is 38.6 Å². The van der Waals surface area contributed by atoms with Gasteiger partial charge in [-0.25, -0.2) is 4.98 Å². The Balaban J connectivity index is 1.80. The van der Waals surface area contributed by atoms with Crippen molar-refractivity contribution in [3.8, 4) is 0 Å². The summed E-state index contributed by atoms with van der Waals surface area (Å²) in [6.07, 6.45) is 6.27. The van der Waals surface area contributed by atoms with E-state index in [1.54, 1.807) is 22.7 Å². The lowest BCUT2D eigenvalue weighted by molar-refractivity contribution is 0.532. The maximum absolute atomic E-state index is 4.69. The van der Waals surface area contributed by atoms with Crippen LogP contribution in [0.3, 0.4) is 0 Å². The molecule has 0 spiro atoms. The third kappa shape index (κ3) is 3.14. The number of imidazole rings is 1. The van der Waals surface area contributed by atoms with Gasteiger partial charge in [0.15, 0.2) is 4.96 Å². The van der Waals surface area contributed by atoms with E-state index in [9.17, 15) is 0 Å². The first-order valence-electron chi connectivity index (χ1n) is 6.66. The van der Waals surface area contributed by atoms with Gasteiger partial charge in [0.25, 0.3) is 0 Å². The second kappa shape index (κ2) is 6.39. The fourth-order valence-electron chi connectivity index (χ4n) is 2.19. The minimum absolute atomic E-state index is 0.343. The Morgan fingerprint density at radius 3 is 3.05 bits per heavy atom. The summed E-state index contributed by atoms with van der Waals surface area (Å²) in [5.41, 5.74) is 1.15. The SMILES string of the molecule is CCCNC(Cc1cn2ccsc2n1)c1ccc(Br)s1. The Kier molecular flexibility index (Phi) is 4.55. The number of nitrogens with zero attached hydrogens (tertiary/aromatic N) is 2. The number of hydrogen-bond acceptors (Lipinski definition) is 4. The molecule has 0 saturated heterocycles. The molecule has 3 heterocycles. The molecule has 20 heavy (non-hydrogen) atoms. The molecule has 0 fully saturated rings. The second-order valence-corrected chi connectivity index (χ2v) is 8.05. The van der Waals surface area contributed by atoms with Crippen molar-refractivity contribution in [2.24, 2.45) is 0 Å². The zero-order valence-electron chi connectivity index (χ0n) is 11.2. The van der Waals surface area contributed by atoms with Crippen molar-refractivity contribution < 1.29 is 0 Å². The molecule has 3 nitrogen and oxygen atoms in total. The summed E-state index contributed by atoms with van der Waals surface area (Å²) in [5, 5.41) is 5.69. The zero-order chi connectivity index (χ0) is 13.9. The van der Waals surface area contributed by atoms with Crippen LogP contribution in [0.5, 0.6) is 0 Å². The molecule has 0 saturated carbocycles. The van der Waals surface area contributed by atoms with Crippen molar-refractivity contribution in [1.29, 1.82) is 0 Å². The highest BCUT2D eigenvalue weighted by Gasteiger charge is 2.15. The van der Waals surface area contributed by atoms with Crippen molar-refractivity contribution in [3.05, 3.63) is 44.3 Å². The minimum Gasteiger partial charge on any atom is -0.309 e. The lowest BCUT2D eigenvalue weighted by Crippen LogP contribution is -2.23. The molecule has 3 rings (SSSR count). The largest absolute Gasteiger partial charge is 0.309 e. The average Bonchev–Trinajstić information content (AvgIpc) is 3.09. The van der Waals surface area contributed by atoms with E-state index in [0.29, 0.717) is 6.04 Å². The minimum atomic E-state index is 0.343. The molecule has 3 aromatic heterocycles. The first-order chi connectivity index (χ1) is 9.76. The van der Waals surface area contributed by atoms with E-state index in [2.05, 4.69) is 67.5 Å². The van der Waals surface area contributed by atoms with Gasteiger partial charge in [0.2, 0.25) is 0 Å². The molecule has 0 aliphatic heterocycles. The molecule has 6 heteroatoms. The summed E-state index contributed by atoms with van der Waals surface area (Å²) in [6, 6.07) is 4.66. The molecule has 0 aliphatic rings. The fourth-order valence-corrected chi connectivity index (χ4v) is 4.41. The number of hydrogen-bond donors (Lipinski definition) is 1. The van der Waals surface area contributed by atoms with Crippen LogP contribution in [0, 0.1) is 0 Å². The molecule has 0 aliphatic carbocycles. The lowest BCUT2D eigenvalue weighted by atomic mass is 10.1. The predicted molar refractivity (Wildman–Crippen MR) is 89.8 cm³/mol. The first kappa shape index (κ1) is 14.3. The number of thiazole rings is 1. The smallest absolute Gasteiger partial charge is 0.193 e. The summed E-state index contributed by atoms with van der Waals surface area (Å²) in [4.78, 5) is 7.12. The summed E-state index contributed by atoms with van der Waals surface area (Å²) in [6.45, 7) is 3.23. The van der Waals surface area contributed by atoms with E-state index in [1.807, 2.05) is 0 Å². The average molecular weight is 370 g/mol. The fraction of sp³-hybridized carbons (Fsp3) is 0.357. The van der Waals surface area contributed by atoms with E-state index >= 15 is 0 Å². The van der Waals surface area contributed by atoms with Gasteiger partial charge in [-0.05, 0) is 41.0 Å². The van der Waals surface area contributed by atoms with Crippen LogP contribution in [0.4, 0.5) is 0 Å². The number of fused-ring (bicyclic) bond motifs is 1. The molecule has 1 atom stereocenters. The number of nitrogens with one attached hydrogen (secondary N) is 1. The van der Waals surface area contributed by atoms with E-state index in [1.165, 1.54) is 8.66 Å². The molecule has 1 N–H and O–H groups in total. The maximum Gasteiger partial charge on any atom is 0.193 e. The van der Waals surface area contributed by atoms with E-state index < -0.39 is 0 Å². The molecule has 0 amide bonds. The van der Waals surface area contributed by atoms with Crippen LogP contribution in [-0.2, 0) is 6.42 Å². The van der Waals surface area contributed by atoms with E-state index in [-0.39, 0.29) is 0 Å². The van der Waals surface area contributed by atoms with Gasteiger partial charge in [0.05, 0.1) is 9.48 Å². The molecule has 0 bridgehead atoms. The van der Waals surface area contributed by atoms with Gasteiger partial charge in [-0.3, -0.25) is 4.40 Å². The van der Waals surface area contributed by atoms with Crippen LogP contribution in [0.1, 0.15) is 30.0 Å². The molecular formula is C14H16BrN3S2. The van der Waals surface area contributed by atoms with Gasteiger partial charge >= 0.3 is 0 Å². The summed E-state index contributed by atoms with van der Waals surface area (Å²) in [5.74, 6) is 0. The van der Waals surface area contributed by atoms with Crippen molar-refractivity contribution >= 4 is 43.6 Å². The Morgan fingerprint density at radius 1 is 1.45 bits per heavy atom. The van der Waals surface area contributed by atoms with Gasteiger partial charge in [-0.15, -0.1) is 22.7 Å². The van der Waals surface area contributed by atoms with E-state index in [0.717, 1.165) is 30.0 Å². The molecule has 1 unspecified atom stereocenters. The molecule has 3 aromatic rings. The number of rotatable bonds is 6. The van der Waals surface area contributed by atoms with Crippen LogP contribution in [0.2, 0.25) is 0 Å². The maximum atomic E-state index is 4.69. The zero-order valence-corrected chi connectivity index (χ0v) is 14.4. The quantitative estimate of drug-likeness (QED) is 0.692. The third-order valence-corrected chi connectivity index (χ3v) is 5.64. The summed E-state index contributed by atoms with van der Waals surface area (Å²) in [7, 11) is 0. The van der Waals surface area contributed by atoms with Crippen LogP contribution in [0.15, 0.2) is 33.7 Å². The van der Waals surface area contributed by atoms with Crippen LogP contribution in [0.25, 0.3) is 4.96 Å². The molecule has 0 aromatic carbocycles. The Morgan fingerprint density at radius 2 is 2.35 bits per heavy atom. The highest BCUT2D eigenvalue weighted by molar-refractivity contribution is 9.11. The first-order valence-corrected chi connectivity index (χ1v) is 9.15. The predicted octanol–water partition coefficient (Wildman–Crippen LogP) is 4.50. The normalized spacial score (nSPS) is 13.1. The van der Waals surface area contributed by atoms with Gasteiger partial charge in [0.1, 0.15) is 0 Å². The van der Waals surface area contributed by atoms with E-state index in [4.69, 9.17) is 0 Å².